The summed E-state index contributed by atoms with van der Waals surface area (Å²) in [7, 11) is 0. The Kier molecular flexibility index (Phi) is 4.82. The van der Waals surface area contributed by atoms with Crippen LogP contribution in [-0.4, -0.2) is 27.7 Å². The Morgan fingerprint density at radius 1 is 0.897 bits per heavy atom. The van der Waals surface area contributed by atoms with Crippen LogP contribution in [0.15, 0.2) is 83.7 Å². The van der Waals surface area contributed by atoms with Crippen molar-refractivity contribution in [2.45, 2.75) is 31.0 Å². The Morgan fingerprint density at radius 3 is 2.38 bits per heavy atom. The molecule has 3 aromatic rings. The van der Waals surface area contributed by atoms with E-state index in [1.807, 2.05) is 47.0 Å². The molecular weight excluding hydrogens is 360 g/mol. The SMILES string of the molecule is O=c1cccc2n1[C@@H](C(O)c1ccccc1)[C@H]1C[C@@H]2CN(Cc2ccccc2)C1. The topological polar surface area (TPSA) is 45.5 Å². The summed E-state index contributed by atoms with van der Waals surface area (Å²) >= 11 is 0. The number of piperidine rings is 1. The van der Waals surface area contributed by atoms with Gasteiger partial charge in [0.15, 0.2) is 0 Å². The molecule has 0 saturated carbocycles. The number of aromatic nitrogens is 1. The number of likely N-dealkylation sites (tertiary alicyclic amines) is 1. The van der Waals surface area contributed by atoms with Gasteiger partial charge in [0.25, 0.3) is 5.56 Å². The van der Waals surface area contributed by atoms with Gasteiger partial charge in [-0.1, -0.05) is 66.7 Å². The van der Waals surface area contributed by atoms with E-state index in [0.717, 1.165) is 37.3 Å². The zero-order chi connectivity index (χ0) is 19.8. The summed E-state index contributed by atoms with van der Waals surface area (Å²) < 4.78 is 1.89. The van der Waals surface area contributed by atoms with Crippen LogP contribution >= 0.6 is 0 Å². The molecule has 4 atom stereocenters. The van der Waals surface area contributed by atoms with Gasteiger partial charge in [-0.05, 0) is 29.5 Å². The van der Waals surface area contributed by atoms with Crippen molar-refractivity contribution < 1.29 is 5.11 Å². The van der Waals surface area contributed by atoms with Gasteiger partial charge in [0.05, 0.1) is 6.04 Å². The second kappa shape index (κ2) is 7.62. The van der Waals surface area contributed by atoms with Gasteiger partial charge in [-0.15, -0.1) is 0 Å². The maximum atomic E-state index is 12.9. The van der Waals surface area contributed by atoms with E-state index < -0.39 is 6.10 Å². The van der Waals surface area contributed by atoms with Crippen molar-refractivity contribution in [1.29, 1.82) is 0 Å². The third-order valence-corrected chi connectivity index (χ3v) is 6.49. The van der Waals surface area contributed by atoms with Crippen molar-refractivity contribution in [1.82, 2.24) is 9.47 Å². The van der Waals surface area contributed by atoms with Crippen molar-refractivity contribution in [2.24, 2.45) is 5.92 Å². The van der Waals surface area contributed by atoms with Crippen LogP contribution < -0.4 is 5.56 Å². The van der Waals surface area contributed by atoms with Crippen molar-refractivity contribution in [2.75, 3.05) is 13.1 Å². The van der Waals surface area contributed by atoms with Gasteiger partial charge in [0.1, 0.15) is 6.10 Å². The Hall–Kier alpha value is -2.69. The standard InChI is InChI=1S/C25H26N2O2/c28-23-13-7-12-22-20-14-21(17-26(16-20)15-18-8-3-1-4-9-18)24(27(22)23)25(29)19-10-5-2-6-11-19/h1-13,20-21,24-25,29H,14-17H2/t20-,21+,24-,25?/m1/s1. The molecule has 2 aliphatic rings. The molecule has 0 radical (unpaired) electrons. The fourth-order valence-corrected chi connectivity index (χ4v) is 5.29. The zero-order valence-electron chi connectivity index (χ0n) is 16.4. The van der Waals surface area contributed by atoms with Crippen LogP contribution in [0.1, 0.15) is 41.3 Å². The summed E-state index contributed by atoms with van der Waals surface area (Å²) in [6, 6.07) is 25.6. The number of hydrogen-bond acceptors (Lipinski definition) is 3. The first kappa shape index (κ1) is 18.3. The predicted molar refractivity (Wildman–Crippen MR) is 114 cm³/mol. The summed E-state index contributed by atoms with van der Waals surface area (Å²) in [4.78, 5) is 15.3. The average molecular weight is 386 g/mol. The van der Waals surface area contributed by atoms with Crippen molar-refractivity contribution in [3.63, 3.8) is 0 Å². The fourth-order valence-electron chi connectivity index (χ4n) is 5.29. The van der Waals surface area contributed by atoms with E-state index in [4.69, 9.17) is 0 Å². The molecule has 3 heterocycles. The van der Waals surface area contributed by atoms with E-state index in [9.17, 15) is 9.90 Å². The molecule has 1 saturated heterocycles. The van der Waals surface area contributed by atoms with Gasteiger partial charge in [-0.2, -0.15) is 0 Å². The van der Waals surface area contributed by atoms with Crippen molar-refractivity contribution in [3.8, 4) is 0 Å². The van der Waals surface area contributed by atoms with Crippen LogP contribution in [0.2, 0.25) is 0 Å². The lowest BCUT2D eigenvalue weighted by molar-refractivity contribution is 0.0122. The Labute approximate surface area is 171 Å². The highest BCUT2D eigenvalue weighted by Gasteiger charge is 2.43. The molecule has 1 fully saturated rings. The van der Waals surface area contributed by atoms with Crippen LogP contribution in [0.5, 0.6) is 0 Å². The minimum atomic E-state index is -0.697. The zero-order valence-corrected chi connectivity index (χ0v) is 16.4. The summed E-state index contributed by atoms with van der Waals surface area (Å²) in [5.41, 5.74) is 3.23. The minimum absolute atomic E-state index is 0.00584. The first-order valence-corrected chi connectivity index (χ1v) is 10.4. The molecule has 1 unspecified atom stereocenters. The normalized spacial score (nSPS) is 24.7. The number of benzene rings is 2. The van der Waals surface area contributed by atoms with Crippen molar-refractivity contribution in [3.05, 3.63) is 106 Å². The predicted octanol–water partition coefficient (Wildman–Crippen LogP) is 3.74. The molecule has 0 spiro atoms. The van der Waals surface area contributed by atoms with E-state index in [1.54, 1.807) is 6.07 Å². The van der Waals surface area contributed by atoms with Gasteiger partial charge < -0.3 is 9.67 Å². The second-order valence-electron chi connectivity index (χ2n) is 8.38. The monoisotopic (exact) mass is 386 g/mol. The number of aliphatic hydroxyl groups is 1. The fraction of sp³-hybridized carbons (Fsp3) is 0.320. The summed E-state index contributed by atoms with van der Waals surface area (Å²) in [5.74, 6) is 0.561. The molecule has 4 nitrogen and oxygen atoms in total. The molecule has 0 aliphatic carbocycles. The third kappa shape index (κ3) is 3.43. The van der Waals surface area contributed by atoms with Gasteiger partial charge in [0, 0.05) is 37.3 Å². The third-order valence-electron chi connectivity index (χ3n) is 6.49. The molecule has 1 N–H and O–H groups in total. The summed E-state index contributed by atoms with van der Waals surface area (Å²) in [6.45, 7) is 2.74. The molecule has 2 aliphatic heterocycles. The van der Waals surface area contributed by atoms with Crippen LogP contribution in [0.4, 0.5) is 0 Å². The lowest BCUT2D eigenvalue weighted by atomic mass is 9.75. The molecule has 29 heavy (non-hydrogen) atoms. The maximum absolute atomic E-state index is 12.9. The van der Waals surface area contributed by atoms with Crippen LogP contribution in [-0.2, 0) is 6.54 Å². The van der Waals surface area contributed by atoms with Gasteiger partial charge in [-0.25, -0.2) is 0 Å². The van der Waals surface area contributed by atoms with Crippen LogP contribution in [0.3, 0.4) is 0 Å². The smallest absolute Gasteiger partial charge is 0.251 e. The first-order valence-electron chi connectivity index (χ1n) is 10.4. The number of fused-ring (bicyclic) bond motifs is 4. The number of aliphatic hydroxyl groups excluding tert-OH is 1. The number of nitrogens with zero attached hydrogens (tertiary/aromatic N) is 2. The number of rotatable bonds is 4. The van der Waals surface area contributed by atoms with E-state index in [-0.39, 0.29) is 17.5 Å². The Balaban J connectivity index is 1.52. The quantitative estimate of drug-likeness (QED) is 0.743. The van der Waals surface area contributed by atoms with Gasteiger partial charge >= 0.3 is 0 Å². The lowest BCUT2D eigenvalue weighted by Crippen LogP contribution is -2.50. The highest BCUT2D eigenvalue weighted by atomic mass is 16.3. The first-order chi connectivity index (χ1) is 14.2. The largest absolute Gasteiger partial charge is 0.386 e. The maximum Gasteiger partial charge on any atom is 0.251 e. The molecule has 5 rings (SSSR count). The number of pyridine rings is 1. The van der Waals surface area contributed by atoms with E-state index >= 15 is 0 Å². The van der Waals surface area contributed by atoms with Crippen LogP contribution in [0.25, 0.3) is 0 Å². The van der Waals surface area contributed by atoms with Gasteiger partial charge in [0.2, 0.25) is 0 Å². The van der Waals surface area contributed by atoms with Crippen LogP contribution in [0, 0.1) is 5.92 Å². The Bertz CT molecular complexity index is 1030. The molecular formula is C25H26N2O2. The average Bonchev–Trinajstić information content (AvgIpc) is 2.75. The highest BCUT2D eigenvalue weighted by Crippen LogP contribution is 2.46. The van der Waals surface area contributed by atoms with E-state index in [1.165, 1.54) is 5.56 Å². The van der Waals surface area contributed by atoms with Gasteiger partial charge in [-0.3, -0.25) is 9.69 Å². The summed E-state index contributed by atoms with van der Waals surface area (Å²) in [6.07, 6.45) is 0.321. The van der Waals surface area contributed by atoms with Crippen molar-refractivity contribution >= 4 is 0 Å². The molecule has 1 aromatic heterocycles. The number of hydrogen-bond donors (Lipinski definition) is 1. The van der Waals surface area contributed by atoms with E-state index in [2.05, 4.69) is 35.2 Å². The molecule has 4 heteroatoms. The molecule has 2 bridgehead atoms. The summed E-state index contributed by atoms with van der Waals surface area (Å²) in [5, 5.41) is 11.3. The molecule has 2 aromatic carbocycles. The van der Waals surface area contributed by atoms with E-state index in [0.29, 0.717) is 5.92 Å². The molecule has 0 amide bonds. The molecule has 148 valence electrons. The minimum Gasteiger partial charge on any atom is -0.386 e. The second-order valence-corrected chi connectivity index (χ2v) is 8.38. The Morgan fingerprint density at radius 2 is 1.62 bits per heavy atom. The lowest BCUT2D eigenvalue weighted by Gasteiger charge is -2.48. The highest BCUT2D eigenvalue weighted by molar-refractivity contribution is 5.25.